The van der Waals surface area contributed by atoms with Crippen LogP contribution in [0.1, 0.15) is 49.4 Å². The molecule has 6 nitrogen and oxygen atoms in total. The van der Waals surface area contributed by atoms with Crippen LogP contribution in [-0.2, 0) is 6.42 Å². The molecule has 0 saturated carbocycles. The number of β-amino-alcohol motifs (C(OH)–C–C–N with tert-alkyl or cyclic N) is 1. The molecule has 162 valence electrons. The third-order valence-electron chi connectivity index (χ3n) is 6.33. The highest BCUT2D eigenvalue weighted by Crippen LogP contribution is 2.41. The quantitative estimate of drug-likeness (QED) is 0.654. The van der Waals surface area contributed by atoms with Gasteiger partial charge in [0.15, 0.2) is 0 Å². The van der Waals surface area contributed by atoms with Crippen molar-refractivity contribution in [2.24, 2.45) is 0 Å². The van der Waals surface area contributed by atoms with Crippen molar-refractivity contribution in [3.63, 3.8) is 0 Å². The van der Waals surface area contributed by atoms with Gasteiger partial charge < -0.3 is 14.4 Å². The smallest absolute Gasteiger partial charge is 0.258 e. The molecular weight excluding hydrogens is 390 g/mol. The number of ether oxygens (including phenoxy) is 1. The normalized spacial score (nSPS) is 21.1. The van der Waals surface area contributed by atoms with E-state index in [1.807, 2.05) is 39.0 Å². The van der Waals surface area contributed by atoms with E-state index in [4.69, 9.17) is 14.2 Å². The summed E-state index contributed by atoms with van der Waals surface area (Å²) in [6, 6.07) is 12.7. The molecule has 2 unspecified atom stereocenters. The number of hydrogen-bond acceptors (Lipinski definition) is 6. The number of rotatable bonds is 5. The molecule has 0 radical (unpaired) electrons. The average Bonchev–Trinajstić information content (AvgIpc) is 3.48. The third kappa shape index (κ3) is 3.86. The predicted octanol–water partition coefficient (Wildman–Crippen LogP) is 4.55. The minimum atomic E-state index is -0.201. The topological polar surface area (TPSA) is 71.6 Å². The molecule has 2 aromatic carbocycles. The van der Waals surface area contributed by atoms with E-state index in [2.05, 4.69) is 28.3 Å². The first-order chi connectivity index (χ1) is 15.0. The number of aryl methyl sites for hydroxylation is 1. The van der Waals surface area contributed by atoms with E-state index in [0.29, 0.717) is 17.8 Å². The number of likely N-dealkylation sites (tertiary alicyclic amines) is 1. The lowest BCUT2D eigenvalue weighted by Crippen LogP contribution is -2.26. The molecule has 2 heterocycles. The van der Waals surface area contributed by atoms with Crippen molar-refractivity contribution in [3.05, 3.63) is 53.1 Å². The van der Waals surface area contributed by atoms with Crippen LogP contribution in [-0.4, -0.2) is 45.4 Å². The summed E-state index contributed by atoms with van der Waals surface area (Å²) in [7, 11) is 0. The third-order valence-corrected chi connectivity index (χ3v) is 6.33. The van der Waals surface area contributed by atoms with Gasteiger partial charge in [-0.05, 0) is 74.9 Å². The number of aliphatic hydroxyl groups excluding tert-OH is 1. The molecule has 2 atom stereocenters. The number of aromatic nitrogens is 2. The molecule has 1 aromatic heterocycles. The summed E-state index contributed by atoms with van der Waals surface area (Å²) in [6.07, 6.45) is 2.85. The largest absolute Gasteiger partial charge is 0.491 e. The van der Waals surface area contributed by atoms with Gasteiger partial charge in [0.05, 0.1) is 12.2 Å². The zero-order valence-electron chi connectivity index (χ0n) is 18.3. The summed E-state index contributed by atoms with van der Waals surface area (Å²) in [5, 5.41) is 14.3. The van der Waals surface area contributed by atoms with E-state index in [9.17, 15) is 5.11 Å². The van der Waals surface area contributed by atoms with Gasteiger partial charge in [0.25, 0.3) is 5.89 Å². The maximum atomic E-state index is 9.95. The number of fused-ring (bicyclic) bond motifs is 1. The fourth-order valence-corrected chi connectivity index (χ4v) is 4.89. The molecule has 3 aromatic rings. The van der Waals surface area contributed by atoms with Gasteiger partial charge in [-0.25, -0.2) is 0 Å². The van der Waals surface area contributed by atoms with Crippen LogP contribution in [0.15, 0.2) is 40.9 Å². The number of benzene rings is 2. The molecule has 1 N–H and O–H groups in total. The van der Waals surface area contributed by atoms with Gasteiger partial charge in [-0.1, -0.05) is 23.4 Å². The van der Waals surface area contributed by atoms with Crippen LogP contribution in [0, 0.1) is 6.92 Å². The van der Waals surface area contributed by atoms with Gasteiger partial charge in [-0.2, -0.15) is 4.98 Å². The maximum Gasteiger partial charge on any atom is 0.258 e. The monoisotopic (exact) mass is 419 g/mol. The van der Waals surface area contributed by atoms with Crippen LogP contribution < -0.4 is 4.74 Å². The molecule has 5 rings (SSSR count). The van der Waals surface area contributed by atoms with Gasteiger partial charge in [-0.15, -0.1) is 0 Å². The molecule has 1 saturated heterocycles. The molecule has 0 spiro atoms. The highest BCUT2D eigenvalue weighted by molar-refractivity contribution is 5.66. The molecule has 1 aliphatic heterocycles. The van der Waals surface area contributed by atoms with Crippen LogP contribution in [0.5, 0.6) is 5.75 Å². The predicted molar refractivity (Wildman–Crippen MR) is 119 cm³/mol. The van der Waals surface area contributed by atoms with Gasteiger partial charge in [-0.3, -0.25) is 4.90 Å². The Balaban J connectivity index is 1.42. The van der Waals surface area contributed by atoms with Crippen LogP contribution >= 0.6 is 0 Å². The zero-order chi connectivity index (χ0) is 21.5. The molecule has 0 bridgehead atoms. The Kier molecular flexibility index (Phi) is 5.28. The summed E-state index contributed by atoms with van der Waals surface area (Å²) in [6.45, 7) is 7.78. The molecular formula is C25H29N3O3. The maximum absolute atomic E-state index is 9.95. The molecule has 6 heteroatoms. The lowest BCUT2D eigenvalue weighted by atomic mass is 10.0. The first-order valence-electron chi connectivity index (χ1n) is 11.1. The molecule has 1 aliphatic carbocycles. The second kappa shape index (κ2) is 8.09. The Morgan fingerprint density at radius 1 is 1.19 bits per heavy atom. The van der Waals surface area contributed by atoms with E-state index < -0.39 is 0 Å². The van der Waals surface area contributed by atoms with E-state index in [-0.39, 0.29) is 12.2 Å². The Morgan fingerprint density at radius 3 is 2.81 bits per heavy atom. The fourth-order valence-electron chi connectivity index (χ4n) is 4.89. The average molecular weight is 420 g/mol. The SMILES string of the molecule is Cc1cc(-c2nc(-c3cccc4c3CCC4N3CCC(O)C3)no2)ccc1OC(C)C. The first-order valence-corrected chi connectivity index (χ1v) is 11.1. The summed E-state index contributed by atoms with van der Waals surface area (Å²) >= 11 is 0. The van der Waals surface area contributed by atoms with Crippen molar-refractivity contribution in [2.45, 2.75) is 58.3 Å². The summed E-state index contributed by atoms with van der Waals surface area (Å²) in [4.78, 5) is 7.13. The van der Waals surface area contributed by atoms with Crippen molar-refractivity contribution in [1.82, 2.24) is 15.0 Å². The highest BCUT2D eigenvalue weighted by atomic mass is 16.5. The zero-order valence-corrected chi connectivity index (χ0v) is 18.3. The Bertz CT molecular complexity index is 1090. The van der Waals surface area contributed by atoms with E-state index >= 15 is 0 Å². The lowest BCUT2D eigenvalue weighted by Gasteiger charge is -2.24. The Morgan fingerprint density at radius 2 is 2.06 bits per heavy atom. The van der Waals surface area contributed by atoms with Crippen LogP contribution in [0.4, 0.5) is 0 Å². The number of nitrogens with zero attached hydrogens (tertiary/aromatic N) is 3. The number of aliphatic hydroxyl groups is 1. The second-order valence-electron chi connectivity index (χ2n) is 8.94. The first kappa shape index (κ1) is 20.2. The van der Waals surface area contributed by atoms with E-state index in [0.717, 1.165) is 54.8 Å². The highest BCUT2D eigenvalue weighted by Gasteiger charge is 2.34. The molecule has 2 aliphatic rings. The summed E-state index contributed by atoms with van der Waals surface area (Å²) in [5.41, 5.74) is 5.62. The summed E-state index contributed by atoms with van der Waals surface area (Å²) < 4.78 is 11.5. The van der Waals surface area contributed by atoms with Crippen LogP contribution in [0.25, 0.3) is 22.8 Å². The fraction of sp³-hybridized carbons (Fsp3) is 0.440. The van der Waals surface area contributed by atoms with Crippen LogP contribution in [0.3, 0.4) is 0 Å². The molecule has 31 heavy (non-hydrogen) atoms. The lowest BCUT2D eigenvalue weighted by molar-refractivity contribution is 0.159. The minimum Gasteiger partial charge on any atom is -0.491 e. The Hall–Kier alpha value is -2.70. The summed E-state index contributed by atoms with van der Waals surface area (Å²) in [5.74, 6) is 2.02. The second-order valence-corrected chi connectivity index (χ2v) is 8.94. The van der Waals surface area contributed by atoms with Crippen molar-refractivity contribution < 1.29 is 14.4 Å². The van der Waals surface area contributed by atoms with Crippen molar-refractivity contribution in [3.8, 4) is 28.6 Å². The van der Waals surface area contributed by atoms with Gasteiger partial charge >= 0.3 is 0 Å². The van der Waals surface area contributed by atoms with E-state index in [1.165, 1.54) is 11.1 Å². The van der Waals surface area contributed by atoms with Crippen molar-refractivity contribution in [1.29, 1.82) is 0 Å². The van der Waals surface area contributed by atoms with Gasteiger partial charge in [0, 0.05) is 30.3 Å². The minimum absolute atomic E-state index is 0.132. The molecule has 0 amide bonds. The molecule has 1 fully saturated rings. The van der Waals surface area contributed by atoms with Crippen LogP contribution in [0.2, 0.25) is 0 Å². The van der Waals surface area contributed by atoms with Crippen molar-refractivity contribution in [2.75, 3.05) is 13.1 Å². The van der Waals surface area contributed by atoms with E-state index in [1.54, 1.807) is 0 Å². The Labute approximate surface area is 182 Å². The standard InChI is InChI=1S/C25H29N3O3/c1-15(2)30-23-10-7-17(13-16(23)3)25-26-24(27-31-25)21-6-4-5-20-19(21)8-9-22(20)28-12-11-18(29)14-28/h4-7,10,13,15,18,22,29H,8-9,11-12,14H2,1-3H3. The van der Waals surface area contributed by atoms with Gasteiger partial charge in [0.2, 0.25) is 5.82 Å². The number of hydrogen-bond donors (Lipinski definition) is 1. The van der Waals surface area contributed by atoms with Gasteiger partial charge in [0.1, 0.15) is 5.75 Å². The van der Waals surface area contributed by atoms with Crippen molar-refractivity contribution >= 4 is 0 Å².